The molecule has 0 amide bonds. The monoisotopic (exact) mass is 207 g/mol. The highest BCUT2D eigenvalue weighted by Crippen LogP contribution is 2.23. The molecule has 0 aliphatic heterocycles. The number of carboxylic acids is 1. The zero-order chi connectivity index (χ0) is 11.3. The average Bonchev–Trinajstić information content (AvgIpc) is 2.25. The second kappa shape index (κ2) is 5.17. The third-order valence-electron chi connectivity index (χ3n) is 1.93. The van der Waals surface area contributed by atoms with Gasteiger partial charge in [-0.2, -0.15) is 0 Å². The maximum Gasteiger partial charge on any atom is 0.340 e. The summed E-state index contributed by atoms with van der Waals surface area (Å²) in [6.07, 6.45) is 3.37. The topological polar surface area (TPSA) is 72.5 Å². The summed E-state index contributed by atoms with van der Waals surface area (Å²) in [7, 11) is 1.44. The van der Waals surface area contributed by atoms with E-state index in [2.05, 4.69) is 0 Å². The van der Waals surface area contributed by atoms with Crippen LogP contribution < -0.4 is 10.5 Å². The van der Waals surface area contributed by atoms with Gasteiger partial charge in [-0.3, -0.25) is 0 Å². The van der Waals surface area contributed by atoms with Crippen molar-refractivity contribution < 1.29 is 14.6 Å². The molecule has 1 aromatic carbocycles. The Bertz CT molecular complexity index is 385. The minimum absolute atomic E-state index is 0.157. The third kappa shape index (κ3) is 2.57. The van der Waals surface area contributed by atoms with Gasteiger partial charge in [0.05, 0.1) is 7.11 Å². The molecule has 0 heterocycles. The van der Waals surface area contributed by atoms with Crippen molar-refractivity contribution in [1.29, 1.82) is 0 Å². The van der Waals surface area contributed by atoms with Crippen LogP contribution in [0.1, 0.15) is 15.9 Å². The summed E-state index contributed by atoms with van der Waals surface area (Å²) in [5, 5.41) is 9.03. The van der Waals surface area contributed by atoms with Gasteiger partial charge in [-0.25, -0.2) is 4.79 Å². The molecule has 1 aromatic rings. The Kier molecular flexibility index (Phi) is 3.88. The van der Waals surface area contributed by atoms with Gasteiger partial charge in [0.15, 0.2) is 0 Å². The van der Waals surface area contributed by atoms with Crippen molar-refractivity contribution in [3.63, 3.8) is 0 Å². The highest BCUT2D eigenvalue weighted by atomic mass is 16.5. The first kappa shape index (κ1) is 11.3. The molecule has 0 aromatic heterocycles. The Morgan fingerprint density at radius 2 is 2.33 bits per heavy atom. The van der Waals surface area contributed by atoms with Gasteiger partial charge in [0.1, 0.15) is 11.3 Å². The molecule has 1 rings (SSSR count). The first-order chi connectivity index (χ1) is 7.20. The van der Waals surface area contributed by atoms with Crippen LogP contribution >= 0.6 is 0 Å². The Hall–Kier alpha value is -1.81. The van der Waals surface area contributed by atoms with Crippen LogP contribution in [0, 0.1) is 0 Å². The van der Waals surface area contributed by atoms with Gasteiger partial charge >= 0.3 is 5.97 Å². The Morgan fingerprint density at radius 1 is 1.60 bits per heavy atom. The summed E-state index contributed by atoms with van der Waals surface area (Å²) in [4.78, 5) is 11.0. The maximum absolute atomic E-state index is 11.0. The lowest BCUT2D eigenvalue weighted by Gasteiger charge is -2.07. The smallest absolute Gasteiger partial charge is 0.340 e. The Balaban J connectivity index is 3.25. The summed E-state index contributed by atoms with van der Waals surface area (Å²) >= 11 is 0. The molecule has 0 aliphatic rings. The molecule has 80 valence electrons. The maximum atomic E-state index is 11.0. The first-order valence-electron chi connectivity index (χ1n) is 4.47. The molecular weight excluding hydrogens is 194 g/mol. The minimum Gasteiger partial charge on any atom is -0.496 e. The van der Waals surface area contributed by atoms with E-state index in [0.29, 0.717) is 17.9 Å². The predicted molar refractivity (Wildman–Crippen MR) is 58.0 cm³/mol. The predicted octanol–water partition coefficient (Wildman–Crippen LogP) is 1.37. The fourth-order valence-electron chi connectivity index (χ4n) is 1.28. The second-order valence-electron chi connectivity index (χ2n) is 2.87. The molecular formula is C11H13NO3. The number of rotatable bonds is 4. The number of carboxylic acid groups (broad SMARTS) is 1. The van der Waals surface area contributed by atoms with Gasteiger partial charge in [-0.15, -0.1) is 0 Å². The molecule has 0 atom stereocenters. The molecule has 15 heavy (non-hydrogen) atoms. The van der Waals surface area contributed by atoms with Gasteiger partial charge in [0.2, 0.25) is 0 Å². The SMILES string of the molecule is COc1cccc(C=CCN)c1C(=O)O. The highest BCUT2D eigenvalue weighted by molar-refractivity contribution is 5.95. The summed E-state index contributed by atoms with van der Waals surface area (Å²) in [6.45, 7) is 0.371. The van der Waals surface area contributed by atoms with Crippen LogP contribution in [-0.4, -0.2) is 24.7 Å². The van der Waals surface area contributed by atoms with Gasteiger partial charge < -0.3 is 15.6 Å². The zero-order valence-corrected chi connectivity index (χ0v) is 8.43. The van der Waals surface area contributed by atoms with E-state index in [1.165, 1.54) is 7.11 Å². The van der Waals surface area contributed by atoms with Crippen LogP contribution in [0.3, 0.4) is 0 Å². The van der Waals surface area contributed by atoms with E-state index in [1.54, 1.807) is 30.4 Å². The normalized spacial score (nSPS) is 10.5. The molecule has 0 saturated heterocycles. The quantitative estimate of drug-likeness (QED) is 0.782. The van der Waals surface area contributed by atoms with Crippen molar-refractivity contribution in [2.75, 3.05) is 13.7 Å². The number of aromatic carboxylic acids is 1. The molecule has 0 spiro atoms. The van der Waals surface area contributed by atoms with E-state index in [1.807, 2.05) is 0 Å². The molecule has 0 radical (unpaired) electrons. The molecule has 3 N–H and O–H groups in total. The molecule has 4 heteroatoms. The van der Waals surface area contributed by atoms with Crippen LogP contribution in [0.15, 0.2) is 24.3 Å². The summed E-state index contributed by atoms with van der Waals surface area (Å²) in [5.41, 5.74) is 6.05. The summed E-state index contributed by atoms with van der Waals surface area (Å²) in [5.74, 6) is -0.661. The minimum atomic E-state index is -1.01. The van der Waals surface area contributed by atoms with E-state index in [0.717, 1.165) is 0 Å². The van der Waals surface area contributed by atoms with Gasteiger partial charge in [-0.05, 0) is 11.6 Å². The van der Waals surface area contributed by atoms with E-state index in [4.69, 9.17) is 15.6 Å². The molecule has 0 unspecified atom stereocenters. The van der Waals surface area contributed by atoms with Gasteiger partial charge in [0, 0.05) is 6.54 Å². The van der Waals surface area contributed by atoms with Crippen molar-refractivity contribution in [2.24, 2.45) is 5.73 Å². The van der Waals surface area contributed by atoms with E-state index < -0.39 is 5.97 Å². The molecule has 0 bridgehead atoms. The number of methoxy groups -OCH3 is 1. The van der Waals surface area contributed by atoms with Crippen LogP contribution in [0.25, 0.3) is 6.08 Å². The summed E-state index contributed by atoms with van der Waals surface area (Å²) < 4.78 is 4.98. The van der Waals surface area contributed by atoms with Gasteiger partial charge in [0.25, 0.3) is 0 Å². The summed E-state index contributed by atoms with van der Waals surface area (Å²) in [6, 6.07) is 5.06. The largest absolute Gasteiger partial charge is 0.496 e. The lowest BCUT2D eigenvalue weighted by atomic mass is 10.1. The van der Waals surface area contributed by atoms with Crippen molar-refractivity contribution in [1.82, 2.24) is 0 Å². The van der Waals surface area contributed by atoms with Crippen molar-refractivity contribution in [3.8, 4) is 5.75 Å². The van der Waals surface area contributed by atoms with Crippen LogP contribution in [0.2, 0.25) is 0 Å². The number of hydrogen-bond donors (Lipinski definition) is 2. The number of nitrogens with two attached hydrogens (primary N) is 1. The average molecular weight is 207 g/mol. The number of hydrogen-bond acceptors (Lipinski definition) is 3. The first-order valence-corrected chi connectivity index (χ1v) is 4.47. The van der Waals surface area contributed by atoms with E-state index in [-0.39, 0.29) is 5.56 Å². The standard InChI is InChI=1S/C11H13NO3/c1-15-9-6-2-4-8(5-3-7-12)10(9)11(13)14/h2-6H,7,12H2,1H3,(H,13,14). The zero-order valence-electron chi connectivity index (χ0n) is 8.43. The fourth-order valence-corrected chi connectivity index (χ4v) is 1.28. The van der Waals surface area contributed by atoms with Crippen molar-refractivity contribution >= 4 is 12.0 Å². The van der Waals surface area contributed by atoms with Crippen LogP contribution in [0.5, 0.6) is 5.75 Å². The number of benzene rings is 1. The Labute approximate surface area is 88.0 Å². The van der Waals surface area contributed by atoms with Crippen molar-refractivity contribution in [2.45, 2.75) is 0 Å². The highest BCUT2D eigenvalue weighted by Gasteiger charge is 2.13. The lowest BCUT2D eigenvalue weighted by molar-refractivity contribution is 0.0693. The number of carbonyl (C=O) groups is 1. The van der Waals surface area contributed by atoms with Crippen LogP contribution in [-0.2, 0) is 0 Å². The fraction of sp³-hybridized carbons (Fsp3) is 0.182. The van der Waals surface area contributed by atoms with E-state index in [9.17, 15) is 4.79 Å². The molecule has 0 fully saturated rings. The molecule has 4 nitrogen and oxygen atoms in total. The Morgan fingerprint density at radius 3 is 2.87 bits per heavy atom. The molecule has 0 aliphatic carbocycles. The lowest BCUT2D eigenvalue weighted by Crippen LogP contribution is -2.03. The third-order valence-corrected chi connectivity index (χ3v) is 1.93. The van der Waals surface area contributed by atoms with Gasteiger partial charge in [-0.1, -0.05) is 24.3 Å². The van der Waals surface area contributed by atoms with Crippen molar-refractivity contribution in [3.05, 3.63) is 35.4 Å². The van der Waals surface area contributed by atoms with Crippen LogP contribution in [0.4, 0.5) is 0 Å². The second-order valence-corrected chi connectivity index (χ2v) is 2.87. The molecule has 0 saturated carbocycles. The number of ether oxygens (including phenoxy) is 1. The van der Waals surface area contributed by atoms with E-state index >= 15 is 0 Å².